The summed E-state index contributed by atoms with van der Waals surface area (Å²) in [6.07, 6.45) is 2.45. The van der Waals surface area contributed by atoms with Crippen molar-refractivity contribution in [1.29, 1.82) is 0 Å². The number of hydroxylamine groups is 2. The second kappa shape index (κ2) is 10.7. The van der Waals surface area contributed by atoms with Gasteiger partial charge in [0, 0.05) is 24.6 Å². The van der Waals surface area contributed by atoms with Crippen molar-refractivity contribution in [3.05, 3.63) is 70.3 Å². The first-order chi connectivity index (χ1) is 13.4. The van der Waals surface area contributed by atoms with Crippen LogP contribution in [0.5, 0.6) is 0 Å². The Labute approximate surface area is 168 Å². The molecule has 0 spiro atoms. The largest absolute Gasteiger partial charge is 0.302 e. The van der Waals surface area contributed by atoms with Crippen LogP contribution in [-0.2, 0) is 11.3 Å². The first-order valence-electron chi connectivity index (χ1n) is 10.2. The molecule has 0 radical (unpaired) electrons. The van der Waals surface area contributed by atoms with Gasteiger partial charge < -0.3 is 4.84 Å². The molecule has 0 amide bonds. The predicted octanol–water partition coefficient (Wildman–Crippen LogP) is 6.21. The van der Waals surface area contributed by atoms with Gasteiger partial charge in [0.05, 0.1) is 7.11 Å². The van der Waals surface area contributed by atoms with Gasteiger partial charge in [-0.15, -0.1) is 0 Å². The van der Waals surface area contributed by atoms with Gasteiger partial charge in [-0.3, -0.25) is 0 Å². The normalized spacial score (nSPS) is 12.8. The minimum atomic E-state index is -0.486. The summed E-state index contributed by atoms with van der Waals surface area (Å²) in [5, 5.41) is 1.95. The molecule has 2 nitrogen and oxygen atoms in total. The smallest absolute Gasteiger partial charge is 0.129 e. The maximum Gasteiger partial charge on any atom is 0.129 e. The summed E-state index contributed by atoms with van der Waals surface area (Å²) in [7, 11) is 1.67. The van der Waals surface area contributed by atoms with Gasteiger partial charge in [0.15, 0.2) is 0 Å². The molecule has 4 heteroatoms. The molecule has 0 saturated carbocycles. The van der Waals surface area contributed by atoms with E-state index in [0.29, 0.717) is 18.9 Å². The molecule has 0 aliphatic heterocycles. The lowest BCUT2D eigenvalue weighted by atomic mass is 9.85. The Morgan fingerprint density at radius 2 is 1.43 bits per heavy atom. The summed E-state index contributed by atoms with van der Waals surface area (Å²) in [6, 6.07) is 10.2. The molecule has 0 aliphatic rings. The van der Waals surface area contributed by atoms with E-state index in [9.17, 15) is 8.78 Å². The quantitative estimate of drug-likeness (QED) is 0.448. The van der Waals surface area contributed by atoms with Crippen molar-refractivity contribution in [3.63, 3.8) is 0 Å². The monoisotopic (exact) mass is 389 g/mol. The van der Waals surface area contributed by atoms with E-state index in [1.165, 1.54) is 18.2 Å². The van der Waals surface area contributed by atoms with Crippen molar-refractivity contribution in [2.45, 2.75) is 52.9 Å². The molecule has 0 saturated heterocycles. The van der Waals surface area contributed by atoms with Crippen molar-refractivity contribution < 1.29 is 13.6 Å². The molecule has 154 valence electrons. The number of rotatable bonds is 10. The van der Waals surface area contributed by atoms with Gasteiger partial charge in [-0.05, 0) is 55.0 Å². The van der Waals surface area contributed by atoms with E-state index < -0.39 is 11.6 Å². The van der Waals surface area contributed by atoms with Crippen LogP contribution in [0.15, 0.2) is 36.4 Å². The lowest BCUT2D eigenvalue weighted by Crippen LogP contribution is -2.33. The topological polar surface area (TPSA) is 12.5 Å². The number of hydrogen-bond donors (Lipinski definition) is 0. The maximum absolute atomic E-state index is 14.4. The molecule has 0 N–H and O–H groups in total. The molecule has 1 unspecified atom stereocenters. The molecular weight excluding hydrogens is 356 g/mol. The lowest BCUT2D eigenvalue weighted by Gasteiger charge is -2.30. The summed E-state index contributed by atoms with van der Waals surface area (Å²) in [5.74, 6) is -0.508. The molecule has 2 aromatic rings. The second-order valence-corrected chi connectivity index (χ2v) is 7.62. The van der Waals surface area contributed by atoms with Crippen LogP contribution < -0.4 is 0 Å². The fraction of sp³-hybridized carbons (Fsp3) is 0.500. The third-order valence-corrected chi connectivity index (χ3v) is 5.76. The summed E-state index contributed by atoms with van der Waals surface area (Å²) in [5.41, 5.74) is 3.58. The van der Waals surface area contributed by atoms with Crippen LogP contribution >= 0.6 is 0 Å². The van der Waals surface area contributed by atoms with Crippen molar-refractivity contribution >= 4 is 0 Å². The summed E-state index contributed by atoms with van der Waals surface area (Å²) >= 11 is 0. The molecule has 0 bridgehead atoms. The fourth-order valence-corrected chi connectivity index (χ4v) is 4.01. The van der Waals surface area contributed by atoms with Gasteiger partial charge in [-0.25, -0.2) is 8.78 Å². The van der Waals surface area contributed by atoms with Crippen LogP contribution in [0.25, 0.3) is 0 Å². The molecule has 0 fully saturated rings. The van der Waals surface area contributed by atoms with E-state index in [1.54, 1.807) is 7.11 Å². The standard InChI is InChI=1S/C24H33F2NO/c1-6-19(7-2)15-27(28-5)16-20(24-17(3)10-8-11-18(24)4)14-21-22(25)12-9-13-23(21)26/h8-13,19-20H,6-7,14-16H2,1-5H3. The van der Waals surface area contributed by atoms with Gasteiger partial charge in [0.25, 0.3) is 0 Å². The van der Waals surface area contributed by atoms with E-state index in [1.807, 2.05) is 11.1 Å². The molecular formula is C24H33F2NO. The van der Waals surface area contributed by atoms with Crippen molar-refractivity contribution in [1.82, 2.24) is 5.06 Å². The van der Waals surface area contributed by atoms with Gasteiger partial charge in [0.2, 0.25) is 0 Å². The Hall–Kier alpha value is -1.78. The zero-order chi connectivity index (χ0) is 20.7. The summed E-state index contributed by atoms with van der Waals surface area (Å²) in [6.45, 7) is 9.88. The molecule has 0 aliphatic carbocycles. The SMILES string of the molecule is CCC(CC)CN(CC(Cc1c(F)cccc1F)c1c(C)cccc1C)OC. The van der Waals surface area contributed by atoms with E-state index in [4.69, 9.17) is 4.84 Å². The van der Waals surface area contributed by atoms with Crippen LogP contribution in [0.4, 0.5) is 8.78 Å². The first-order valence-corrected chi connectivity index (χ1v) is 10.2. The third-order valence-electron chi connectivity index (χ3n) is 5.76. The van der Waals surface area contributed by atoms with Crippen molar-refractivity contribution in [3.8, 4) is 0 Å². The van der Waals surface area contributed by atoms with E-state index in [0.717, 1.165) is 36.1 Å². The van der Waals surface area contributed by atoms with E-state index >= 15 is 0 Å². The first kappa shape index (κ1) is 22.5. The molecule has 0 heterocycles. The van der Waals surface area contributed by atoms with Crippen LogP contribution in [0.2, 0.25) is 0 Å². The average molecular weight is 390 g/mol. The Bertz CT molecular complexity index is 718. The predicted molar refractivity (Wildman–Crippen MR) is 111 cm³/mol. The number of aryl methyl sites for hydroxylation is 2. The number of nitrogens with zero attached hydrogens (tertiary/aromatic N) is 1. The van der Waals surface area contributed by atoms with Gasteiger partial charge in [-0.1, -0.05) is 51.0 Å². The highest BCUT2D eigenvalue weighted by atomic mass is 19.1. The van der Waals surface area contributed by atoms with Crippen molar-refractivity contribution in [2.24, 2.45) is 5.92 Å². The molecule has 1 atom stereocenters. The average Bonchev–Trinajstić information content (AvgIpc) is 2.67. The van der Waals surface area contributed by atoms with E-state index in [-0.39, 0.29) is 11.5 Å². The van der Waals surface area contributed by atoms with Crippen LogP contribution in [0, 0.1) is 31.4 Å². The third kappa shape index (κ3) is 5.62. The molecule has 28 heavy (non-hydrogen) atoms. The number of halogens is 2. The minimum Gasteiger partial charge on any atom is -0.302 e. The molecule has 2 aromatic carbocycles. The molecule has 0 aromatic heterocycles. The fourth-order valence-electron chi connectivity index (χ4n) is 4.01. The Morgan fingerprint density at radius 1 is 0.893 bits per heavy atom. The highest BCUT2D eigenvalue weighted by Gasteiger charge is 2.24. The number of benzene rings is 2. The zero-order valence-electron chi connectivity index (χ0n) is 17.8. The van der Waals surface area contributed by atoms with Gasteiger partial charge in [0.1, 0.15) is 11.6 Å². The zero-order valence-corrected chi connectivity index (χ0v) is 17.8. The lowest BCUT2D eigenvalue weighted by molar-refractivity contribution is -0.143. The molecule has 2 rings (SSSR count). The van der Waals surface area contributed by atoms with Crippen LogP contribution in [0.1, 0.15) is 54.9 Å². The van der Waals surface area contributed by atoms with Crippen molar-refractivity contribution in [2.75, 3.05) is 20.2 Å². The second-order valence-electron chi connectivity index (χ2n) is 7.62. The maximum atomic E-state index is 14.4. The van der Waals surface area contributed by atoms with E-state index in [2.05, 4.69) is 39.8 Å². The Morgan fingerprint density at radius 3 is 1.93 bits per heavy atom. The minimum absolute atomic E-state index is 0.0677. The van der Waals surface area contributed by atoms with Gasteiger partial charge >= 0.3 is 0 Å². The van der Waals surface area contributed by atoms with Crippen LogP contribution in [0.3, 0.4) is 0 Å². The highest BCUT2D eigenvalue weighted by molar-refractivity contribution is 5.38. The number of hydrogen-bond acceptors (Lipinski definition) is 2. The summed E-state index contributed by atoms with van der Waals surface area (Å²) in [4.78, 5) is 5.66. The Balaban J connectivity index is 2.38. The summed E-state index contributed by atoms with van der Waals surface area (Å²) < 4.78 is 28.8. The highest BCUT2D eigenvalue weighted by Crippen LogP contribution is 2.30. The Kier molecular flexibility index (Phi) is 8.58. The van der Waals surface area contributed by atoms with Gasteiger partial charge in [-0.2, -0.15) is 5.06 Å². The van der Waals surface area contributed by atoms with Crippen LogP contribution in [-0.4, -0.2) is 25.3 Å².